The molecule has 6 nitrogen and oxygen atoms in total. The summed E-state index contributed by atoms with van der Waals surface area (Å²) in [5.74, 6) is 1.13. The highest BCUT2D eigenvalue weighted by atomic mass is 28.4. The molecule has 2 atom stereocenters. The minimum Gasteiger partial charge on any atom is -0.486 e. The predicted octanol–water partition coefficient (Wildman–Crippen LogP) is 5.02. The molecule has 1 saturated heterocycles. The van der Waals surface area contributed by atoms with Crippen LogP contribution in [-0.4, -0.2) is 38.1 Å². The summed E-state index contributed by atoms with van der Waals surface area (Å²) in [5.41, 5.74) is 7.33. The maximum atomic E-state index is 9.23. The second-order valence-electron chi connectivity index (χ2n) is 11.8. The van der Waals surface area contributed by atoms with E-state index in [1.54, 1.807) is 0 Å². The van der Waals surface area contributed by atoms with E-state index in [1.165, 1.54) is 0 Å². The summed E-state index contributed by atoms with van der Waals surface area (Å²) in [7, 11) is -2.10. The Kier molecular flexibility index (Phi) is 6.28. The Morgan fingerprint density at radius 1 is 1.19 bits per heavy atom. The summed E-state index contributed by atoms with van der Waals surface area (Å²) in [5, 5.41) is 16.0. The van der Waals surface area contributed by atoms with E-state index in [4.69, 9.17) is 14.9 Å². The standard InChI is InChI=1S/C24H41N3O3Si/c1-22(2,3)20-19(30-31(7,8)23(4,5)6)17-15-16(21(25)27-28)9-10-18(17)29-24(20)11-13-26-14-12-24/h9-10,15,19-20,26,28H,11-14H2,1-8H3,(H2,25,27). The van der Waals surface area contributed by atoms with Gasteiger partial charge in [-0.05, 0) is 54.8 Å². The van der Waals surface area contributed by atoms with Crippen molar-refractivity contribution in [1.29, 1.82) is 0 Å². The van der Waals surface area contributed by atoms with E-state index in [9.17, 15) is 5.21 Å². The third-order valence-corrected chi connectivity index (χ3v) is 12.0. The summed E-state index contributed by atoms with van der Waals surface area (Å²) < 4.78 is 14.1. The topological polar surface area (TPSA) is 89.1 Å². The lowest BCUT2D eigenvalue weighted by atomic mass is 9.62. The molecule has 3 rings (SSSR count). The van der Waals surface area contributed by atoms with E-state index >= 15 is 0 Å². The molecule has 1 fully saturated rings. The Morgan fingerprint density at radius 3 is 2.32 bits per heavy atom. The van der Waals surface area contributed by atoms with Crippen molar-refractivity contribution in [2.75, 3.05) is 13.1 Å². The van der Waals surface area contributed by atoms with E-state index in [0.29, 0.717) is 5.56 Å². The number of hydrogen-bond donors (Lipinski definition) is 3. The van der Waals surface area contributed by atoms with Gasteiger partial charge in [0.25, 0.3) is 0 Å². The Morgan fingerprint density at radius 2 is 1.81 bits per heavy atom. The number of nitrogens with two attached hydrogens (primary N) is 1. The molecule has 0 radical (unpaired) electrons. The number of amidine groups is 1. The van der Waals surface area contributed by atoms with Crippen molar-refractivity contribution in [2.45, 2.75) is 84.2 Å². The molecule has 1 spiro atoms. The fourth-order valence-corrected chi connectivity index (χ4v) is 6.20. The Hall–Kier alpha value is -1.57. The molecule has 0 bridgehead atoms. The number of piperidine rings is 1. The van der Waals surface area contributed by atoms with Gasteiger partial charge in [-0.3, -0.25) is 0 Å². The lowest BCUT2D eigenvalue weighted by Crippen LogP contribution is -2.60. The largest absolute Gasteiger partial charge is 0.486 e. The van der Waals surface area contributed by atoms with Gasteiger partial charge in [-0.2, -0.15) is 0 Å². The minimum atomic E-state index is -2.10. The van der Waals surface area contributed by atoms with Gasteiger partial charge in [0.2, 0.25) is 0 Å². The van der Waals surface area contributed by atoms with Gasteiger partial charge in [-0.25, -0.2) is 0 Å². The SMILES string of the molecule is CC(C)(C)C1C(O[Si](C)(C)C(C)(C)C)c2cc(C(N)=NO)ccc2OC12CCNCC2. The smallest absolute Gasteiger partial charge is 0.192 e. The van der Waals surface area contributed by atoms with Crippen molar-refractivity contribution in [3.63, 3.8) is 0 Å². The average molecular weight is 448 g/mol. The van der Waals surface area contributed by atoms with E-state index < -0.39 is 8.32 Å². The first-order valence-electron chi connectivity index (χ1n) is 11.4. The molecule has 2 aliphatic heterocycles. The summed E-state index contributed by atoms with van der Waals surface area (Å²) in [6.45, 7) is 20.2. The maximum absolute atomic E-state index is 9.23. The predicted molar refractivity (Wildman–Crippen MR) is 128 cm³/mol. The molecule has 1 aromatic rings. The number of fused-ring (bicyclic) bond motifs is 1. The zero-order valence-corrected chi connectivity index (χ0v) is 21.5. The number of ether oxygens (including phenoxy) is 1. The van der Waals surface area contributed by atoms with Gasteiger partial charge in [0, 0.05) is 29.9 Å². The first kappa shape index (κ1) is 24.1. The summed E-state index contributed by atoms with van der Waals surface area (Å²) in [4.78, 5) is 0. The molecule has 0 saturated carbocycles. The fraction of sp³-hybridized carbons (Fsp3) is 0.708. The molecule has 2 heterocycles. The number of nitrogens with one attached hydrogen (secondary N) is 1. The van der Waals surface area contributed by atoms with Crippen LogP contribution in [0.15, 0.2) is 23.4 Å². The molecule has 4 N–H and O–H groups in total. The Bertz CT molecular complexity index is 833. The van der Waals surface area contributed by atoms with E-state index in [0.717, 1.165) is 37.2 Å². The van der Waals surface area contributed by atoms with Crippen molar-refractivity contribution >= 4 is 14.2 Å². The third kappa shape index (κ3) is 4.50. The van der Waals surface area contributed by atoms with Crippen molar-refractivity contribution in [3.05, 3.63) is 29.3 Å². The van der Waals surface area contributed by atoms with Crippen LogP contribution >= 0.6 is 0 Å². The van der Waals surface area contributed by atoms with E-state index in [1.807, 2.05) is 18.2 Å². The number of benzene rings is 1. The summed E-state index contributed by atoms with van der Waals surface area (Å²) >= 11 is 0. The Labute approximate surface area is 188 Å². The lowest BCUT2D eigenvalue weighted by molar-refractivity contribution is -0.129. The van der Waals surface area contributed by atoms with Crippen LogP contribution in [0.25, 0.3) is 0 Å². The quantitative estimate of drug-likeness (QED) is 0.199. The molecule has 0 aromatic heterocycles. The third-order valence-electron chi connectivity index (χ3n) is 7.51. The first-order chi connectivity index (χ1) is 14.2. The minimum absolute atomic E-state index is 0.0331. The van der Waals surface area contributed by atoms with Gasteiger partial charge < -0.3 is 25.4 Å². The van der Waals surface area contributed by atoms with Crippen LogP contribution < -0.4 is 15.8 Å². The van der Waals surface area contributed by atoms with E-state index in [-0.39, 0.29) is 33.9 Å². The van der Waals surface area contributed by atoms with Crippen LogP contribution in [0, 0.1) is 11.3 Å². The monoisotopic (exact) mass is 447 g/mol. The highest BCUT2D eigenvalue weighted by Gasteiger charge is 2.57. The van der Waals surface area contributed by atoms with Crippen molar-refractivity contribution in [1.82, 2.24) is 5.32 Å². The van der Waals surface area contributed by atoms with Crippen molar-refractivity contribution < 1.29 is 14.4 Å². The van der Waals surface area contributed by atoms with Crippen LogP contribution in [0.1, 0.15) is 71.6 Å². The van der Waals surface area contributed by atoms with Gasteiger partial charge >= 0.3 is 0 Å². The highest BCUT2D eigenvalue weighted by Crippen LogP contribution is 2.57. The van der Waals surface area contributed by atoms with Crippen LogP contribution in [0.5, 0.6) is 5.75 Å². The maximum Gasteiger partial charge on any atom is 0.192 e. The van der Waals surface area contributed by atoms with Gasteiger partial charge in [0.15, 0.2) is 14.2 Å². The summed E-state index contributed by atoms with van der Waals surface area (Å²) in [6.07, 6.45) is 1.79. The van der Waals surface area contributed by atoms with Gasteiger partial charge in [-0.1, -0.05) is 46.7 Å². The zero-order valence-electron chi connectivity index (χ0n) is 20.5. The zero-order chi connectivity index (χ0) is 23.2. The Balaban J connectivity index is 2.22. The molecule has 0 aliphatic carbocycles. The van der Waals surface area contributed by atoms with Crippen molar-refractivity contribution in [3.8, 4) is 5.75 Å². The number of oxime groups is 1. The molecule has 2 aliphatic rings. The van der Waals surface area contributed by atoms with Crippen LogP contribution in [0.4, 0.5) is 0 Å². The van der Waals surface area contributed by atoms with Crippen LogP contribution in [0.2, 0.25) is 18.1 Å². The fourth-order valence-electron chi connectivity index (χ4n) is 4.95. The average Bonchev–Trinajstić information content (AvgIpc) is 2.65. The first-order valence-corrected chi connectivity index (χ1v) is 14.3. The second kappa shape index (κ2) is 8.09. The van der Waals surface area contributed by atoms with E-state index in [2.05, 4.69) is 65.1 Å². The normalized spacial score (nSPS) is 24.6. The van der Waals surface area contributed by atoms with Gasteiger partial charge in [-0.15, -0.1) is 0 Å². The molecule has 7 heteroatoms. The number of hydrogen-bond acceptors (Lipinski definition) is 5. The molecular formula is C24H41N3O3Si. The van der Waals surface area contributed by atoms with Crippen LogP contribution in [0.3, 0.4) is 0 Å². The molecule has 174 valence electrons. The second-order valence-corrected chi connectivity index (χ2v) is 16.6. The summed E-state index contributed by atoms with van der Waals surface area (Å²) in [6, 6.07) is 5.83. The van der Waals surface area contributed by atoms with Crippen molar-refractivity contribution in [2.24, 2.45) is 22.2 Å². The van der Waals surface area contributed by atoms with Crippen LogP contribution in [-0.2, 0) is 4.43 Å². The molecule has 31 heavy (non-hydrogen) atoms. The number of rotatable bonds is 3. The molecule has 0 amide bonds. The lowest BCUT2D eigenvalue weighted by Gasteiger charge is -2.56. The molecular weight excluding hydrogens is 406 g/mol. The number of nitrogens with zero attached hydrogens (tertiary/aromatic N) is 1. The molecule has 2 unspecified atom stereocenters. The highest BCUT2D eigenvalue weighted by molar-refractivity contribution is 6.74. The van der Waals surface area contributed by atoms with Gasteiger partial charge in [0.1, 0.15) is 11.4 Å². The molecule has 1 aromatic carbocycles. The van der Waals surface area contributed by atoms with Gasteiger partial charge in [0.05, 0.1) is 6.10 Å².